The highest BCUT2D eigenvalue weighted by molar-refractivity contribution is 5.89. The van der Waals surface area contributed by atoms with Crippen LogP contribution in [-0.4, -0.2) is 45.0 Å². The summed E-state index contributed by atoms with van der Waals surface area (Å²) in [6, 6.07) is -0.192. The molecule has 0 radical (unpaired) electrons. The number of aliphatic hydroxyl groups excluding tert-OH is 1. The van der Waals surface area contributed by atoms with Crippen molar-refractivity contribution in [2.75, 3.05) is 18.5 Å². The van der Waals surface area contributed by atoms with Crippen molar-refractivity contribution in [3.05, 3.63) is 12.4 Å². The zero-order chi connectivity index (χ0) is 14.6. The van der Waals surface area contributed by atoms with Crippen LogP contribution in [0.25, 0.3) is 0 Å². The summed E-state index contributed by atoms with van der Waals surface area (Å²) in [7, 11) is 0. The van der Waals surface area contributed by atoms with Crippen molar-refractivity contribution in [2.45, 2.75) is 46.2 Å². The van der Waals surface area contributed by atoms with Gasteiger partial charge >= 0.3 is 6.03 Å². The first kappa shape index (κ1) is 15.5. The number of carbonyl (C=O) groups is 1. The Hall–Kier alpha value is -1.56. The summed E-state index contributed by atoms with van der Waals surface area (Å²) in [6.45, 7) is 10.2. The Labute approximate surface area is 114 Å². The predicted molar refractivity (Wildman–Crippen MR) is 75.2 cm³/mol. The van der Waals surface area contributed by atoms with Crippen molar-refractivity contribution in [2.24, 2.45) is 0 Å². The summed E-state index contributed by atoms with van der Waals surface area (Å²) in [5, 5.41) is 16.0. The van der Waals surface area contributed by atoms with Crippen molar-refractivity contribution in [3.63, 3.8) is 0 Å². The van der Waals surface area contributed by atoms with E-state index in [0.717, 1.165) is 0 Å². The van der Waals surface area contributed by atoms with E-state index in [0.29, 0.717) is 12.2 Å². The second kappa shape index (κ2) is 6.06. The van der Waals surface area contributed by atoms with E-state index in [2.05, 4.69) is 10.4 Å². The fourth-order valence-corrected chi connectivity index (χ4v) is 1.65. The molecule has 2 amide bonds. The van der Waals surface area contributed by atoms with E-state index in [-0.39, 0.29) is 24.2 Å². The maximum Gasteiger partial charge on any atom is 0.322 e. The number of urea groups is 1. The van der Waals surface area contributed by atoms with Gasteiger partial charge < -0.3 is 15.3 Å². The molecule has 1 rings (SSSR count). The Morgan fingerprint density at radius 3 is 2.58 bits per heavy atom. The van der Waals surface area contributed by atoms with Crippen LogP contribution in [0, 0.1) is 0 Å². The summed E-state index contributed by atoms with van der Waals surface area (Å²) in [4.78, 5) is 13.6. The van der Waals surface area contributed by atoms with E-state index in [1.807, 2.05) is 34.6 Å². The van der Waals surface area contributed by atoms with Gasteiger partial charge in [0.2, 0.25) is 0 Å². The number of hydrogen-bond donors (Lipinski definition) is 2. The normalized spacial score (nSPS) is 11.7. The highest BCUT2D eigenvalue weighted by Crippen LogP contribution is 2.16. The fourth-order valence-electron chi connectivity index (χ4n) is 1.65. The van der Waals surface area contributed by atoms with E-state index in [1.54, 1.807) is 22.0 Å². The van der Waals surface area contributed by atoms with Gasteiger partial charge in [-0.3, -0.25) is 4.68 Å². The molecule has 0 spiro atoms. The molecule has 0 aromatic carbocycles. The highest BCUT2D eigenvalue weighted by atomic mass is 16.3. The third-order valence-electron chi connectivity index (χ3n) is 2.75. The number of rotatable bonds is 4. The minimum absolute atomic E-state index is 0.0322. The van der Waals surface area contributed by atoms with Gasteiger partial charge in [-0.05, 0) is 34.6 Å². The Bertz CT molecular complexity index is 421. The van der Waals surface area contributed by atoms with E-state index in [9.17, 15) is 4.79 Å². The monoisotopic (exact) mass is 268 g/mol. The number of carbonyl (C=O) groups excluding carboxylic acids is 1. The van der Waals surface area contributed by atoms with Gasteiger partial charge in [0, 0.05) is 18.8 Å². The molecule has 2 N–H and O–H groups in total. The molecule has 0 saturated heterocycles. The van der Waals surface area contributed by atoms with E-state index < -0.39 is 0 Å². The number of aliphatic hydroxyl groups is 1. The second-order valence-electron chi connectivity index (χ2n) is 5.79. The number of nitrogens with zero attached hydrogens (tertiary/aromatic N) is 3. The molecule has 0 aliphatic carbocycles. The molecule has 0 saturated carbocycles. The largest absolute Gasteiger partial charge is 0.395 e. The third-order valence-corrected chi connectivity index (χ3v) is 2.75. The number of anilines is 1. The Balaban J connectivity index is 2.73. The summed E-state index contributed by atoms with van der Waals surface area (Å²) >= 11 is 0. The molecule has 0 aliphatic heterocycles. The lowest BCUT2D eigenvalue weighted by Gasteiger charge is -2.25. The predicted octanol–water partition coefficient (Wildman–Crippen LogP) is 1.87. The van der Waals surface area contributed by atoms with Crippen molar-refractivity contribution in [1.29, 1.82) is 0 Å². The van der Waals surface area contributed by atoms with Gasteiger partial charge in [0.15, 0.2) is 0 Å². The molecular weight excluding hydrogens is 244 g/mol. The number of nitrogens with one attached hydrogen (secondary N) is 1. The number of hydrogen-bond acceptors (Lipinski definition) is 3. The van der Waals surface area contributed by atoms with Crippen molar-refractivity contribution in [3.8, 4) is 0 Å². The van der Waals surface area contributed by atoms with Gasteiger partial charge in [0.05, 0.1) is 24.0 Å². The zero-order valence-electron chi connectivity index (χ0n) is 12.3. The molecule has 6 nitrogen and oxygen atoms in total. The lowest BCUT2D eigenvalue weighted by atomic mass is 10.1. The molecule has 6 heteroatoms. The molecule has 1 heterocycles. The first-order chi connectivity index (χ1) is 8.75. The lowest BCUT2D eigenvalue weighted by Crippen LogP contribution is -2.41. The second-order valence-corrected chi connectivity index (χ2v) is 5.79. The van der Waals surface area contributed by atoms with Crippen molar-refractivity contribution in [1.82, 2.24) is 14.7 Å². The lowest BCUT2D eigenvalue weighted by molar-refractivity contribution is 0.172. The van der Waals surface area contributed by atoms with Crippen LogP contribution in [0.2, 0.25) is 0 Å². The van der Waals surface area contributed by atoms with Gasteiger partial charge in [-0.25, -0.2) is 4.79 Å². The standard InChI is InChI=1S/C13H24N4O2/c1-10(2)16(6-7-18)12(19)15-11-8-14-17(9-11)13(3,4)5/h8-10,18H,6-7H2,1-5H3,(H,15,19). The number of aromatic nitrogens is 2. The van der Waals surface area contributed by atoms with E-state index in [4.69, 9.17) is 5.11 Å². The van der Waals surface area contributed by atoms with Gasteiger partial charge in [0.25, 0.3) is 0 Å². The molecular formula is C13H24N4O2. The summed E-state index contributed by atoms with van der Waals surface area (Å²) < 4.78 is 1.80. The summed E-state index contributed by atoms with van der Waals surface area (Å²) in [6.07, 6.45) is 3.43. The topological polar surface area (TPSA) is 70.4 Å². The average Bonchev–Trinajstić information content (AvgIpc) is 2.73. The van der Waals surface area contributed by atoms with Crippen LogP contribution >= 0.6 is 0 Å². The van der Waals surface area contributed by atoms with Crippen LogP contribution in [0.3, 0.4) is 0 Å². The molecule has 0 aliphatic rings. The molecule has 1 aromatic heterocycles. The smallest absolute Gasteiger partial charge is 0.322 e. The Morgan fingerprint density at radius 1 is 1.53 bits per heavy atom. The quantitative estimate of drug-likeness (QED) is 0.875. The highest BCUT2D eigenvalue weighted by Gasteiger charge is 2.18. The molecule has 19 heavy (non-hydrogen) atoms. The van der Waals surface area contributed by atoms with Crippen LogP contribution in [0.5, 0.6) is 0 Å². The first-order valence-corrected chi connectivity index (χ1v) is 6.49. The van der Waals surface area contributed by atoms with Crippen LogP contribution in [0.1, 0.15) is 34.6 Å². The fraction of sp³-hybridized carbons (Fsp3) is 0.692. The van der Waals surface area contributed by atoms with Crippen molar-refractivity contribution >= 4 is 11.7 Å². The number of amides is 2. The molecule has 0 unspecified atom stereocenters. The molecule has 0 fully saturated rings. The van der Waals surface area contributed by atoms with Gasteiger partial charge in [-0.1, -0.05) is 0 Å². The molecule has 1 aromatic rings. The minimum Gasteiger partial charge on any atom is -0.395 e. The van der Waals surface area contributed by atoms with Gasteiger partial charge in [-0.15, -0.1) is 0 Å². The first-order valence-electron chi connectivity index (χ1n) is 6.49. The van der Waals surface area contributed by atoms with Crippen molar-refractivity contribution < 1.29 is 9.90 Å². The summed E-state index contributed by atoms with van der Waals surface area (Å²) in [5.41, 5.74) is 0.537. The summed E-state index contributed by atoms with van der Waals surface area (Å²) in [5.74, 6) is 0. The van der Waals surface area contributed by atoms with E-state index >= 15 is 0 Å². The third kappa shape index (κ3) is 4.24. The Morgan fingerprint density at radius 2 is 2.16 bits per heavy atom. The maximum atomic E-state index is 12.1. The zero-order valence-corrected chi connectivity index (χ0v) is 12.3. The van der Waals surface area contributed by atoms with Gasteiger partial charge in [-0.2, -0.15) is 5.10 Å². The minimum atomic E-state index is -0.225. The maximum absolute atomic E-state index is 12.1. The average molecular weight is 268 g/mol. The molecule has 0 atom stereocenters. The SMILES string of the molecule is CC(C)N(CCO)C(=O)Nc1cnn(C(C)(C)C)c1. The van der Waals surface area contributed by atoms with Crippen LogP contribution < -0.4 is 5.32 Å². The van der Waals surface area contributed by atoms with Crippen LogP contribution in [0.15, 0.2) is 12.4 Å². The molecule has 0 bridgehead atoms. The van der Waals surface area contributed by atoms with Crippen LogP contribution in [0.4, 0.5) is 10.5 Å². The van der Waals surface area contributed by atoms with Gasteiger partial charge in [0.1, 0.15) is 0 Å². The van der Waals surface area contributed by atoms with E-state index in [1.165, 1.54) is 0 Å². The molecule has 108 valence electrons. The van der Waals surface area contributed by atoms with Crippen LogP contribution in [-0.2, 0) is 5.54 Å². The Kier molecular flexibility index (Phi) is 4.94.